The van der Waals surface area contributed by atoms with E-state index < -0.39 is 11.9 Å². The molecule has 0 fully saturated rings. The highest BCUT2D eigenvalue weighted by Crippen LogP contribution is 2.29. The second-order valence-corrected chi connectivity index (χ2v) is 4.23. The van der Waals surface area contributed by atoms with Gasteiger partial charge in [-0.15, -0.1) is 12.4 Å². The van der Waals surface area contributed by atoms with E-state index in [1.165, 1.54) is 7.05 Å². The van der Waals surface area contributed by atoms with Gasteiger partial charge in [-0.05, 0) is 12.1 Å². The molecule has 0 saturated carbocycles. The molecule has 2 heterocycles. The summed E-state index contributed by atoms with van der Waals surface area (Å²) < 4.78 is 40.2. The zero-order valence-electron chi connectivity index (χ0n) is 11.0. The first-order chi connectivity index (χ1) is 8.86. The van der Waals surface area contributed by atoms with Gasteiger partial charge in [0, 0.05) is 33.4 Å². The van der Waals surface area contributed by atoms with E-state index >= 15 is 0 Å². The Labute approximate surface area is 120 Å². The van der Waals surface area contributed by atoms with Crippen LogP contribution in [0.3, 0.4) is 0 Å². The molecular formula is C11H15ClF3N5. The molecular weight excluding hydrogens is 295 g/mol. The van der Waals surface area contributed by atoms with Crippen molar-refractivity contribution < 1.29 is 13.2 Å². The van der Waals surface area contributed by atoms with Crippen LogP contribution in [0, 0.1) is 0 Å². The summed E-state index contributed by atoms with van der Waals surface area (Å²) in [7, 11) is 3.09. The first kappa shape index (κ1) is 16.5. The number of alkyl halides is 3. The third-order valence-electron chi connectivity index (χ3n) is 2.60. The monoisotopic (exact) mass is 309 g/mol. The van der Waals surface area contributed by atoms with E-state index in [1.807, 2.05) is 6.07 Å². The first-order valence-corrected chi connectivity index (χ1v) is 5.65. The molecule has 2 rings (SSSR count). The third kappa shape index (κ3) is 3.97. The Kier molecular flexibility index (Phi) is 5.18. The fraction of sp³-hybridized carbons (Fsp3) is 0.455. The predicted molar refractivity (Wildman–Crippen MR) is 69.2 cm³/mol. The Hall–Kier alpha value is -1.54. The fourth-order valence-electron chi connectivity index (χ4n) is 1.75. The maximum atomic E-state index is 12.6. The van der Waals surface area contributed by atoms with Crippen molar-refractivity contribution in [3.63, 3.8) is 0 Å². The van der Waals surface area contributed by atoms with E-state index in [1.54, 1.807) is 17.9 Å². The smallest absolute Gasteiger partial charge is 0.305 e. The Morgan fingerprint density at radius 2 is 1.80 bits per heavy atom. The van der Waals surface area contributed by atoms with Gasteiger partial charge in [-0.1, -0.05) is 0 Å². The van der Waals surface area contributed by atoms with Crippen molar-refractivity contribution in [2.75, 3.05) is 0 Å². The van der Waals surface area contributed by atoms with Crippen molar-refractivity contribution in [1.82, 2.24) is 24.9 Å². The molecule has 0 aliphatic rings. The lowest BCUT2D eigenvalue weighted by molar-refractivity contribution is -0.143. The minimum absolute atomic E-state index is 0. The van der Waals surface area contributed by atoms with Gasteiger partial charge < -0.3 is 5.32 Å². The van der Waals surface area contributed by atoms with Gasteiger partial charge in [0.25, 0.3) is 0 Å². The molecule has 1 N–H and O–H groups in total. The molecule has 2 aromatic rings. The van der Waals surface area contributed by atoms with Crippen molar-refractivity contribution in [2.45, 2.75) is 19.3 Å². The van der Waals surface area contributed by atoms with E-state index in [4.69, 9.17) is 0 Å². The molecule has 0 aromatic carbocycles. The minimum Gasteiger partial charge on any atom is -0.305 e. The van der Waals surface area contributed by atoms with Crippen molar-refractivity contribution in [3.05, 3.63) is 35.4 Å². The molecule has 0 saturated heterocycles. The van der Waals surface area contributed by atoms with Crippen LogP contribution in [0.15, 0.2) is 18.3 Å². The minimum atomic E-state index is -4.37. The predicted octanol–water partition coefficient (Wildman–Crippen LogP) is 1.88. The standard InChI is InChI=1S/C11H14F3N5.ClH/c1-18-4-3-8(16-18)6-15-7-9-5-10(11(12,13)14)19(2)17-9;/h3-5,15H,6-7H2,1-2H3;1H. The molecule has 0 bridgehead atoms. The molecule has 0 amide bonds. The summed E-state index contributed by atoms with van der Waals surface area (Å²) in [5.74, 6) is 0. The van der Waals surface area contributed by atoms with E-state index in [-0.39, 0.29) is 19.0 Å². The van der Waals surface area contributed by atoms with Crippen molar-refractivity contribution in [2.24, 2.45) is 14.1 Å². The van der Waals surface area contributed by atoms with Crippen LogP contribution in [0.2, 0.25) is 0 Å². The van der Waals surface area contributed by atoms with Gasteiger partial charge in [0.1, 0.15) is 5.69 Å². The van der Waals surface area contributed by atoms with Crippen LogP contribution < -0.4 is 5.32 Å². The lowest BCUT2D eigenvalue weighted by Crippen LogP contribution is -2.13. The summed E-state index contributed by atoms with van der Waals surface area (Å²) in [6.45, 7) is 0.749. The number of hydrogen-bond acceptors (Lipinski definition) is 3. The average molecular weight is 310 g/mol. The van der Waals surface area contributed by atoms with Gasteiger partial charge in [0.15, 0.2) is 0 Å². The summed E-state index contributed by atoms with van der Waals surface area (Å²) in [4.78, 5) is 0. The van der Waals surface area contributed by atoms with Gasteiger partial charge in [0.05, 0.1) is 11.4 Å². The quantitative estimate of drug-likeness (QED) is 0.938. The van der Waals surface area contributed by atoms with Crippen molar-refractivity contribution in [3.8, 4) is 0 Å². The highest BCUT2D eigenvalue weighted by atomic mass is 35.5. The lowest BCUT2D eigenvalue weighted by Gasteiger charge is -2.04. The topological polar surface area (TPSA) is 47.7 Å². The Morgan fingerprint density at radius 3 is 2.30 bits per heavy atom. The summed E-state index contributed by atoms with van der Waals surface area (Å²) in [5, 5.41) is 11.0. The largest absolute Gasteiger partial charge is 0.433 e. The molecule has 0 unspecified atom stereocenters. The van der Waals surface area contributed by atoms with Gasteiger partial charge in [-0.2, -0.15) is 23.4 Å². The van der Waals surface area contributed by atoms with E-state index in [0.29, 0.717) is 12.2 Å². The molecule has 0 atom stereocenters. The van der Waals surface area contributed by atoms with Crippen molar-refractivity contribution in [1.29, 1.82) is 0 Å². The molecule has 20 heavy (non-hydrogen) atoms. The third-order valence-corrected chi connectivity index (χ3v) is 2.60. The van der Waals surface area contributed by atoms with Crippen LogP contribution >= 0.6 is 12.4 Å². The number of nitrogens with one attached hydrogen (secondary N) is 1. The van der Waals surface area contributed by atoms with Gasteiger partial charge in [-0.3, -0.25) is 9.36 Å². The van der Waals surface area contributed by atoms with Crippen LogP contribution in [0.5, 0.6) is 0 Å². The van der Waals surface area contributed by atoms with Crippen LogP contribution in [0.1, 0.15) is 17.1 Å². The van der Waals surface area contributed by atoms with Gasteiger partial charge in [-0.25, -0.2) is 0 Å². The summed E-state index contributed by atoms with van der Waals surface area (Å²) in [6.07, 6.45) is -2.57. The average Bonchev–Trinajstić information content (AvgIpc) is 2.85. The van der Waals surface area contributed by atoms with Crippen LogP contribution in [0.25, 0.3) is 0 Å². The number of halogens is 4. The Bertz CT molecular complexity index is 561. The second-order valence-electron chi connectivity index (χ2n) is 4.23. The summed E-state index contributed by atoms with van der Waals surface area (Å²) in [5.41, 5.74) is 0.433. The lowest BCUT2D eigenvalue weighted by atomic mass is 10.3. The van der Waals surface area contributed by atoms with E-state index in [2.05, 4.69) is 15.5 Å². The van der Waals surface area contributed by atoms with Crippen LogP contribution in [-0.4, -0.2) is 19.6 Å². The normalized spacial score (nSPS) is 11.4. The molecule has 2 aromatic heterocycles. The van der Waals surface area contributed by atoms with Gasteiger partial charge >= 0.3 is 6.18 Å². The maximum absolute atomic E-state index is 12.6. The molecule has 9 heteroatoms. The van der Waals surface area contributed by atoms with E-state index in [0.717, 1.165) is 16.4 Å². The van der Waals surface area contributed by atoms with E-state index in [9.17, 15) is 13.2 Å². The number of aryl methyl sites for hydroxylation is 2. The number of hydrogen-bond donors (Lipinski definition) is 1. The maximum Gasteiger partial charge on any atom is 0.433 e. The number of nitrogens with zero attached hydrogens (tertiary/aromatic N) is 4. The zero-order chi connectivity index (χ0) is 14.0. The second kappa shape index (κ2) is 6.27. The van der Waals surface area contributed by atoms with Crippen LogP contribution in [-0.2, 0) is 33.4 Å². The molecule has 0 aliphatic heterocycles. The van der Waals surface area contributed by atoms with Crippen LogP contribution in [0.4, 0.5) is 13.2 Å². The SMILES string of the molecule is Cl.Cn1ccc(CNCc2cc(C(F)(F)F)n(C)n2)n1. The highest BCUT2D eigenvalue weighted by Gasteiger charge is 2.34. The zero-order valence-corrected chi connectivity index (χ0v) is 11.8. The molecule has 0 spiro atoms. The number of rotatable bonds is 4. The number of aromatic nitrogens is 4. The fourth-order valence-corrected chi connectivity index (χ4v) is 1.75. The molecule has 0 aliphatic carbocycles. The van der Waals surface area contributed by atoms with Gasteiger partial charge in [0.2, 0.25) is 0 Å². The molecule has 112 valence electrons. The summed E-state index contributed by atoms with van der Waals surface area (Å²) >= 11 is 0. The Morgan fingerprint density at radius 1 is 1.15 bits per heavy atom. The Balaban J connectivity index is 0.00000200. The molecule has 5 nitrogen and oxygen atoms in total. The summed E-state index contributed by atoms with van der Waals surface area (Å²) in [6, 6.07) is 2.89. The highest BCUT2D eigenvalue weighted by molar-refractivity contribution is 5.85. The first-order valence-electron chi connectivity index (χ1n) is 5.65. The van der Waals surface area contributed by atoms with Crippen molar-refractivity contribution >= 4 is 12.4 Å². The molecule has 0 radical (unpaired) electrons.